The van der Waals surface area contributed by atoms with Crippen molar-refractivity contribution in [3.8, 4) is 0 Å². The van der Waals surface area contributed by atoms with Crippen LogP contribution in [-0.4, -0.2) is 11.1 Å². The molecule has 0 aromatic rings. The predicted octanol–water partition coefficient (Wildman–Crippen LogP) is 3.23. The molecule has 0 bridgehead atoms. The number of carboxylic acid groups (broad SMARTS) is 1. The van der Waals surface area contributed by atoms with Crippen molar-refractivity contribution in [3.05, 3.63) is 11.6 Å². The van der Waals surface area contributed by atoms with E-state index in [0.29, 0.717) is 17.4 Å². The third-order valence-corrected chi connectivity index (χ3v) is 3.24. The number of aliphatic carboxylic acids is 1. The van der Waals surface area contributed by atoms with Crippen molar-refractivity contribution >= 4 is 5.97 Å². The molecule has 80 valence electrons. The molecule has 14 heavy (non-hydrogen) atoms. The molecule has 1 fully saturated rings. The summed E-state index contributed by atoms with van der Waals surface area (Å²) in [6, 6.07) is 0. The maximum Gasteiger partial charge on any atom is 0.330 e. The third-order valence-electron chi connectivity index (χ3n) is 3.24. The first-order valence-electron chi connectivity index (χ1n) is 5.53. The van der Waals surface area contributed by atoms with Crippen LogP contribution in [0.25, 0.3) is 0 Å². The van der Waals surface area contributed by atoms with Gasteiger partial charge in [-0.05, 0) is 31.6 Å². The molecular formula is C12H20O2. The maximum atomic E-state index is 10.6. The molecule has 1 N–H and O–H groups in total. The summed E-state index contributed by atoms with van der Waals surface area (Å²) in [5, 5.41) is 8.76. The fraction of sp³-hybridized carbons (Fsp3) is 0.750. The first-order valence-corrected chi connectivity index (χ1v) is 5.53. The summed E-state index contributed by atoms with van der Waals surface area (Å²) in [6.07, 6.45) is 8.43. The highest BCUT2D eigenvalue weighted by atomic mass is 16.4. The van der Waals surface area contributed by atoms with E-state index in [1.54, 1.807) is 6.92 Å². The van der Waals surface area contributed by atoms with E-state index in [2.05, 4.69) is 6.92 Å². The van der Waals surface area contributed by atoms with Crippen LogP contribution in [0.3, 0.4) is 0 Å². The molecule has 0 spiro atoms. The molecule has 0 radical (unpaired) electrons. The molecule has 0 aromatic heterocycles. The Balaban J connectivity index is 2.51. The number of hydrogen-bond acceptors (Lipinski definition) is 1. The lowest BCUT2D eigenvalue weighted by atomic mass is 9.80. The molecule has 1 atom stereocenters. The van der Waals surface area contributed by atoms with Gasteiger partial charge in [-0.3, -0.25) is 0 Å². The van der Waals surface area contributed by atoms with Crippen molar-refractivity contribution in [3.63, 3.8) is 0 Å². The van der Waals surface area contributed by atoms with Gasteiger partial charge in [0.2, 0.25) is 0 Å². The molecule has 1 aliphatic rings. The van der Waals surface area contributed by atoms with Crippen LogP contribution in [-0.2, 0) is 4.79 Å². The molecule has 2 heteroatoms. The third kappa shape index (κ3) is 3.17. The lowest BCUT2D eigenvalue weighted by Gasteiger charge is -2.25. The number of rotatable bonds is 3. The monoisotopic (exact) mass is 196 g/mol. The van der Waals surface area contributed by atoms with Gasteiger partial charge >= 0.3 is 5.97 Å². The lowest BCUT2D eigenvalue weighted by Crippen LogP contribution is -2.14. The molecule has 1 rings (SSSR count). The van der Waals surface area contributed by atoms with Crippen LogP contribution < -0.4 is 0 Å². The van der Waals surface area contributed by atoms with E-state index in [-0.39, 0.29) is 0 Å². The molecule has 0 amide bonds. The van der Waals surface area contributed by atoms with E-state index in [4.69, 9.17) is 5.11 Å². The van der Waals surface area contributed by atoms with E-state index in [9.17, 15) is 4.79 Å². The second kappa shape index (κ2) is 5.18. The smallest absolute Gasteiger partial charge is 0.330 e. The first-order chi connectivity index (χ1) is 6.61. The Labute approximate surface area is 86.0 Å². The van der Waals surface area contributed by atoms with Gasteiger partial charge in [-0.2, -0.15) is 0 Å². The minimum absolute atomic E-state index is 0.423. The van der Waals surface area contributed by atoms with Gasteiger partial charge in [-0.1, -0.05) is 32.3 Å². The minimum Gasteiger partial charge on any atom is -0.478 e. The zero-order chi connectivity index (χ0) is 10.6. The molecule has 2 nitrogen and oxygen atoms in total. The van der Waals surface area contributed by atoms with E-state index in [1.807, 2.05) is 6.08 Å². The fourth-order valence-electron chi connectivity index (χ4n) is 2.26. The van der Waals surface area contributed by atoms with Gasteiger partial charge in [0.25, 0.3) is 0 Å². The molecule has 1 saturated carbocycles. The molecule has 0 aromatic carbocycles. The second-order valence-electron chi connectivity index (χ2n) is 4.41. The van der Waals surface area contributed by atoms with E-state index in [1.165, 1.54) is 32.1 Å². The predicted molar refractivity (Wildman–Crippen MR) is 57.1 cm³/mol. The van der Waals surface area contributed by atoms with Crippen LogP contribution in [0.1, 0.15) is 46.0 Å². The van der Waals surface area contributed by atoms with Crippen LogP contribution in [0.5, 0.6) is 0 Å². The fourth-order valence-corrected chi connectivity index (χ4v) is 2.26. The average Bonchev–Trinajstić information content (AvgIpc) is 2.19. The number of hydrogen-bond donors (Lipinski definition) is 1. The van der Waals surface area contributed by atoms with Crippen molar-refractivity contribution in [1.82, 2.24) is 0 Å². The summed E-state index contributed by atoms with van der Waals surface area (Å²) in [4.78, 5) is 10.6. The van der Waals surface area contributed by atoms with Crippen molar-refractivity contribution in [2.75, 3.05) is 0 Å². The number of carboxylic acids is 1. The molecule has 1 aliphatic carbocycles. The van der Waals surface area contributed by atoms with Crippen LogP contribution in [0.15, 0.2) is 11.6 Å². The zero-order valence-electron chi connectivity index (χ0n) is 9.12. The number of allylic oxidation sites excluding steroid dienone is 1. The van der Waals surface area contributed by atoms with Crippen molar-refractivity contribution < 1.29 is 9.90 Å². The van der Waals surface area contributed by atoms with Crippen LogP contribution >= 0.6 is 0 Å². The van der Waals surface area contributed by atoms with Crippen LogP contribution in [0.2, 0.25) is 0 Å². The summed E-state index contributed by atoms with van der Waals surface area (Å²) < 4.78 is 0. The van der Waals surface area contributed by atoms with Gasteiger partial charge in [-0.25, -0.2) is 4.79 Å². The van der Waals surface area contributed by atoms with Gasteiger partial charge in [0, 0.05) is 5.57 Å². The SMILES string of the molecule is CC(=CC(C)C1CCCCC1)C(=O)O. The average molecular weight is 196 g/mol. The quantitative estimate of drug-likeness (QED) is 0.703. The van der Waals surface area contributed by atoms with Gasteiger partial charge in [0.1, 0.15) is 0 Å². The minimum atomic E-state index is -0.785. The van der Waals surface area contributed by atoms with E-state index >= 15 is 0 Å². The van der Waals surface area contributed by atoms with Crippen molar-refractivity contribution in [2.45, 2.75) is 46.0 Å². The molecule has 1 unspecified atom stereocenters. The van der Waals surface area contributed by atoms with Crippen LogP contribution in [0.4, 0.5) is 0 Å². The highest BCUT2D eigenvalue weighted by molar-refractivity contribution is 5.85. The Morgan fingerprint density at radius 3 is 2.43 bits per heavy atom. The summed E-state index contributed by atoms with van der Waals surface area (Å²) >= 11 is 0. The topological polar surface area (TPSA) is 37.3 Å². The molecular weight excluding hydrogens is 176 g/mol. The Bertz CT molecular complexity index is 224. The largest absolute Gasteiger partial charge is 0.478 e. The lowest BCUT2D eigenvalue weighted by molar-refractivity contribution is -0.132. The van der Waals surface area contributed by atoms with Gasteiger partial charge < -0.3 is 5.11 Å². The Morgan fingerprint density at radius 1 is 1.36 bits per heavy atom. The summed E-state index contributed by atoms with van der Waals surface area (Å²) in [5.74, 6) is 0.345. The molecule has 0 saturated heterocycles. The van der Waals surface area contributed by atoms with Gasteiger partial charge in [-0.15, -0.1) is 0 Å². The molecule has 0 aliphatic heterocycles. The summed E-state index contributed by atoms with van der Waals surface area (Å²) in [7, 11) is 0. The first kappa shape index (κ1) is 11.3. The van der Waals surface area contributed by atoms with E-state index < -0.39 is 5.97 Å². The second-order valence-corrected chi connectivity index (χ2v) is 4.41. The normalized spacial score (nSPS) is 22.0. The van der Waals surface area contributed by atoms with Crippen LogP contribution in [0, 0.1) is 11.8 Å². The summed E-state index contributed by atoms with van der Waals surface area (Å²) in [6.45, 7) is 3.82. The van der Waals surface area contributed by atoms with E-state index in [0.717, 1.165) is 0 Å². The Morgan fingerprint density at radius 2 is 1.93 bits per heavy atom. The highest BCUT2D eigenvalue weighted by Gasteiger charge is 2.19. The Hall–Kier alpha value is -0.790. The van der Waals surface area contributed by atoms with Crippen molar-refractivity contribution in [2.24, 2.45) is 11.8 Å². The van der Waals surface area contributed by atoms with Gasteiger partial charge in [0.05, 0.1) is 0 Å². The Kier molecular flexibility index (Phi) is 4.18. The highest BCUT2D eigenvalue weighted by Crippen LogP contribution is 2.30. The standard InChI is InChI=1S/C12H20O2/c1-9(8-10(2)12(13)14)11-6-4-3-5-7-11/h8-9,11H,3-7H2,1-2H3,(H,13,14). The zero-order valence-corrected chi connectivity index (χ0v) is 9.12. The van der Waals surface area contributed by atoms with Gasteiger partial charge in [0.15, 0.2) is 0 Å². The number of carbonyl (C=O) groups is 1. The molecule has 0 heterocycles. The summed E-state index contributed by atoms with van der Waals surface area (Å²) in [5.41, 5.74) is 0.489. The van der Waals surface area contributed by atoms with Crippen molar-refractivity contribution in [1.29, 1.82) is 0 Å². The maximum absolute atomic E-state index is 10.6.